The summed E-state index contributed by atoms with van der Waals surface area (Å²) in [6.45, 7) is 0. The van der Waals surface area contributed by atoms with Crippen LogP contribution in [0.5, 0.6) is 0 Å². The van der Waals surface area contributed by atoms with Gasteiger partial charge in [0.25, 0.3) is 0 Å². The Morgan fingerprint density at radius 3 is 2.58 bits per heavy atom. The SMILES string of the molecule is N#Cc1ccnnc1Sc1ccc(C(F)(F)F)cn1. The molecule has 2 aromatic rings. The second-order valence-corrected chi connectivity index (χ2v) is 4.36. The molecule has 0 aromatic carbocycles. The summed E-state index contributed by atoms with van der Waals surface area (Å²) in [7, 11) is 0. The molecule has 19 heavy (non-hydrogen) atoms. The van der Waals surface area contributed by atoms with Crippen molar-refractivity contribution in [3.8, 4) is 6.07 Å². The van der Waals surface area contributed by atoms with Crippen molar-refractivity contribution in [3.63, 3.8) is 0 Å². The third-order valence-electron chi connectivity index (χ3n) is 2.07. The summed E-state index contributed by atoms with van der Waals surface area (Å²) >= 11 is 0.984. The van der Waals surface area contributed by atoms with Crippen LogP contribution in [0, 0.1) is 11.3 Å². The summed E-state index contributed by atoms with van der Waals surface area (Å²) < 4.78 is 37.1. The Bertz CT molecular complexity index is 619. The number of alkyl halides is 3. The molecule has 2 aromatic heterocycles. The Morgan fingerprint density at radius 1 is 1.21 bits per heavy atom. The molecular formula is C11H5F3N4S. The van der Waals surface area contributed by atoms with E-state index in [1.54, 1.807) is 0 Å². The summed E-state index contributed by atoms with van der Waals surface area (Å²) in [6, 6.07) is 5.55. The first-order chi connectivity index (χ1) is 9.00. The van der Waals surface area contributed by atoms with E-state index in [1.807, 2.05) is 6.07 Å². The molecule has 0 saturated carbocycles. The molecule has 0 atom stereocenters. The normalized spacial score (nSPS) is 11.1. The molecule has 0 unspecified atom stereocenters. The molecule has 0 aliphatic rings. The van der Waals surface area contributed by atoms with Gasteiger partial charge in [-0.2, -0.15) is 23.5 Å². The van der Waals surface area contributed by atoms with Crippen LogP contribution < -0.4 is 0 Å². The van der Waals surface area contributed by atoms with Crippen LogP contribution in [0.15, 0.2) is 40.6 Å². The Balaban J connectivity index is 2.23. The molecule has 0 saturated heterocycles. The second-order valence-electron chi connectivity index (χ2n) is 3.35. The number of nitriles is 1. The summed E-state index contributed by atoms with van der Waals surface area (Å²) in [5.41, 5.74) is -0.529. The Kier molecular flexibility index (Phi) is 3.66. The lowest BCUT2D eigenvalue weighted by Crippen LogP contribution is -2.05. The molecule has 96 valence electrons. The van der Waals surface area contributed by atoms with Gasteiger partial charge in [0, 0.05) is 6.20 Å². The van der Waals surface area contributed by atoms with Crippen molar-refractivity contribution in [1.29, 1.82) is 5.26 Å². The zero-order valence-corrected chi connectivity index (χ0v) is 10.0. The number of nitrogens with zero attached hydrogens (tertiary/aromatic N) is 4. The maximum atomic E-state index is 12.4. The predicted molar refractivity (Wildman–Crippen MR) is 60.1 cm³/mol. The van der Waals surface area contributed by atoms with Crippen LogP contribution in [0.4, 0.5) is 13.2 Å². The van der Waals surface area contributed by atoms with Crippen LogP contribution in [-0.4, -0.2) is 15.2 Å². The molecular weight excluding hydrogens is 277 g/mol. The van der Waals surface area contributed by atoms with Crippen molar-refractivity contribution >= 4 is 11.8 Å². The summed E-state index contributed by atoms with van der Waals surface area (Å²) in [5.74, 6) is 0. The number of hydrogen-bond donors (Lipinski definition) is 0. The van der Waals surface area contributed by atoms with E-state index in [4.69, 9.17) is 5.26 Å². The van der Waals surface area contributed by atoms with Gasteiger partial charge in [-0.05, 0) is 30.0 Å². The van der Waals surface area contributed by atoms with Crippen molar-refractivity contribution in [2.45, 2.75) is 16.2 Å². The van der Waals surface area contributed by atoms with Gasteiger partial charge in [-0.15, -0.1) is 5.10 Å². The lowest BCUT2D eigenvalue weighted by molar-refractivity contribution is -0.137. The number of aromatic nitrogens is 3. The highest BCUT2D eigenvalue weighted by atomic mass is 32.2. The smallest absolute Gasteiger partial charge is 0.249 e. The maximum Gasteiger partial charge on any atom is 0.417 e. The van der Waals surface area contributed by atoms with Gasteiger partial charge < -0.3 is 0 Å². The van der Waals surface area contributed by atoms with E-state index < -0.39 is 11.7 Å². The van der Waals surface area contributed by atoms with Crippen LogP contribution in [0.3, 0.4) is 0 Å². The molecule has 0 aliphatic heterocycles. The van der Waals surface area contributed by atoms with E-state index in [9.17, 15) is 13.2 Å². The largest absolute Gasteiger partial charge is 0.417 e. The van der Waals surface area contributed by atoms with Gasteiger partial charge in [-0.25, -0.2) is 4.98 Å². The summed E-state index contributed by atoms with van der Waals surface area (Å²) in [6.07, 6.45) is -2.31. The fourth-order valence-electron chi connectivity index (χ4n) is 1.19. The summed E-state index contributed by atoms with van der Waals surface area (Å²) in [4.78, 5) is 3.68. The van der Waals surface area contributed by atoms with Gasteiger partial charge in [-0.3, -0.25) is 0 Å². The summed E-state index contributed by atoms with van der Waals surface area (Å²) in [5, 5.41) is 16.8. The monoisotopic (exact) mass is 282 g/mol. The molecule has 2 rings (SSSR count). The first-order valence-electron chi connectivity index (χ1n) is 4.93. The Labute approximate surface area is 110 Å². The minimum Gasteiger partial charge on any atom is -0.249 e. The highest BCUT2D eigenvalue weighted by Crippen LogP contribution is 2.31. The predicted octanol–water partition coefficient (Wildman–Crippen LogP) is 2.91. The number of halogens is 3. The van der Waals surface area contributed by atoms with Crippen LogP contribution >= 0.6 is 11.8 Å². The number of pyridine rings is 1. The van der Waals surface area contributed by atoms with E-state index >= 15 is 0 Å². The van der Waals surface area contributed by atoms with Gasteiger partial charge in [-0.1, -0.05) is 0 Å². The fourth-order valence-corrected chi connectivity index (χ4v) is 1.94. The average Bonchev–Trinajstić information content (AvgIpc) is 2.39. The standard InChI is InChI=1S/C11H5F3N4S/c12-11(13,14)8-1-2-9(16-6-8)19-10-7(5-15)3-4-17-18-10/h1-4,6H. The van der Waals surface area contributed by atoms with Crippen molar-refractivity contribution in [3.05, 3.63) is 41.7 Å². The third kappa shape index (κ3) is 3.20. The minimum absolute atomic E-state index is 0.293. The average molecular weight is 282 g/mol. The van der Waals surface area contributed by atoms with Gasteiger partial charge in [0.1, 0.15) is 16.1 Å². The lowest BCUT2D eigenvalue weighted by Gasteiger charge is -2.06. The molecule has 0 radical (unpaired) electrons. The van der Waals surface area contributed by atoms with Crippen molar-refractivity contribution in [2.24, 2.45) is 0 Å². The first kappa shape index (κ1) is 13.3. The highest BCUT2D eigenvalue weighted by molar-refractivity contribution is 7.99. The molecule has 0 aliphatic carbocycles. The number of rotatable bonds is 2. The Hall–Kier alpha value is -2.14. The molecule has 0 amide bonds. The molecule has 0 N–H and O–H groups in total. The molecule has 8 heteroatoms. The van der Waals surface area contributed by atoms with Crippen LogP contribution in [0.2, 0.25) is 0 Å². The molecule has 0 spiro atoms. The van der Waals surface area contributed by atoms with Gasteiger partial charge in [0.2, 0.25) is 0 Å². The van der Waals surface area contributed by atoms with Crippen LogP contribution in [-0.2, 0) is 6.18 Å². The van der Waals surface area contributed by atoms with Crippen molar-refractivity contribution in [2.75, 3.05) is 0 Å². The van der Waals surface area contributed by atoms with E-state index in [-0.39, 0.29) is 0 Å². The van der Waals surface area contributed by atoms with E-state index in [1.165, 1.54) is 18.3 Å². The van der Waals surface area contributed by atoms with Crippen molar-refractivity contribution in [1.82, 2.24) is 15.2 Å². The van der Waals surface area contributed by atoms with E-state index in [2.05, 4.69) is 15.2 Å². The van der Waals surface area contributed by atoms with E-state index in [0.717, 1.165) is 24.0 Å². The second kappa shape index (κ2) is 5.24. The van der Waals surface area contributed by atoms with Crippen LogP contribution in [0.1, 0.15) is 11.1 Å². The number of hydrogen-bond acceptors (Lipinski definition) is 5. The zero-order valence-electron chi connectivity index (χ0n) is 9.22. The molecule has 2 heterocycles. The molecule has 0 bridgehead atoms. The first-order valence-corrected chi connectivity index (χ1v) is 5.75. The topological polar surface area (TPSA) is 62.5 Å². The quantitative estimate of drug-likeness (QED) is 0.847. The van der Waals surface area contributed by atoms with Crippen molar-refractivity contribution < 1.29 is 13.2 Å². The van der Waals surface area contributed by atoms with Gasteiger partial charge in [0.15, 0.2) is 0 Å². The molecule has 4 nitrogen and oxygen atoms in total. The van der Waals surface area contributed by atoms with Crippen LogP contribution in [0.25, 0.3) is 0 Å². The maximum absolute atomic E-state index is 12.4. The van der Waals surface area contributed by atoms with Gasteiger partial charge >= 0.3 is 6.18 Å². The Morgan fingerprint density at radius 2 is 2.00 bits per heavy atom. The lowest BCUT2D eigenvalue weighted by atomic mass is 10.3. The van der Waals surface area contributed by atoms with Gasteiger partial charge in [0.05, 0.1) is 17.3 Å². The third-order valence-corrected chi connectivity index (χ3v) is 3.02. The highest BCUT2D eigenvalue weighted by Gasteiger charge is 2.30. The van der Waals surface area contributed by atoms with E-state index in [0.29, 0.717) is 15.6 Å². The minimum atomic E-state index is -4.42. The molecule has 0 fully saturated rings. The zero-order chi connectivity index (χ0) is 13.9. The fraction of sp³-hybridized carbons (Fsp3) is 0.0909.